The van der Waals surface area contributed by atoms with Gasteiger partial charge in [-0.15, -0.1) is 0 Å². The molecule has 0 spiro atoms. The van der Waals surface area contributed by atoms with Crippen molar-refractivity contribution in [1.82, 2.24) is 15.0 Å². The number of nitrogens with zero attached hydrogens (tertiary/aromatic N) is 2. The predicted octanol–water partition coefficient (Wildman–Crippen LogP) is 4.76. The fraction of sp³-hybridized carbons (Fsp3) is 0.0500. The Morgan fingerprint density at radius 2 is 1.75 bits per heavy atom. The van der Waals surface area contributed by atoms with E-state index >= 15 is 0 Å². The van der Waals surface area contributed by atoms with Gasteiger partial charge >= 0.3 is 0 Å². The number of nitrogens with one attached hydrogen (secondary N) is 1. The molecule has 0 aliphatic rings. The third kappa shape index (κ3) is 3.68. The second-order valence-corrected chi connectivity index (χ2v) is 7.04. The van der Waals surface area contributed by atoms with Crippen LogP contribution in [0.5, 0.6) is 0 Å². The zero-order valence-corrected chi connectivity index (χ0v) is 15.7. The third-order valence-electron chi connectivity index (χ3n) is 4.15. The second kappa shape index (κ2) is 7.20. The van der Waals surface area contributed by atoms with Crippen molar-refractivity contribution in [3.63, 3.8) is 0 Å². The molecule has 0 saturated heterocycles. The molecule has 28 heavy (non-hydrogen) atoms. The number of rotatable bonds is 3. The monoisotopic (exact) mass is 445 g/mol. The molecule has 0 fully saturated rings. The number of hydrogen-bond acceptors (Lipinski definition) is 3. The maximum absolute atomic E-state index is 13.7. The van der Waals surface area contributed by atoms with Gasteiger partial charge in [0.1, 0.15) is 23.3 Å². The lowest BCUT2D eigenvalue weighted by Crippen LogP contribution is -2.12. The highest BCUT2D eigenvalue weighted by Crippen LogP contribution is 2.22. The smallest absolute Gasteiger partial charge is 0.258 e. The fourth-order valence-corrected chi connectivity index (χ4v) is 3.20. The van der Waals surface area contributed by atoms with E-state index in [-0.39, 0.29) is 27.4 Å². The summed E-state index contributed by atoms with van der Waals surface area (Å²) in [5, 5.41) is 0.277. The fourth-order valence-electron chi connectivity index (χ4n) is 2.86. The van der Waals surface area contributed by atoms with Gasteiger partial charge in [0, 0.05) is 30.3 Å². The summed E-state index contributed by atoms with van der Waals surface area (Å²) in [6.07, 6.45) is 1.79. The first-order valence-electron chi connectivity index (χ1n) is 8.18. The zero-order valence-electron chi connectivity index (χ0n) is 14.1. The Hall–Kier alpha value is -3.00. The van der Waals surface area contributed by atoms with Crippen LogP contribution in [-0.4, -0.2) is 15.0 Å². The van der Waals surface area contributed by atoms with Gasteiger partial charge in [-0.25, -0.2) is 18.2 Å². The molecule has 140 valence electrons. The van der Waals surface area contributed by atoms with Gasteiger partial charge in [-0.1, -0.05) is 6.07 Å². The van der Waals surface area contributed by atoms with Crippen LogP contribution in [0.4, 0.5) is 13.2 Å². The minimum Gasteiger partial charge on any atom is -0.310 e. The highest BCUT2D eigenvalue weighted by atomic mass is 79.9. The summed E-state index contributed by atoms with van der Waals surface area (Å²) in [4.78, 5) is 23.4. The van der Waals surface area contributed by atoms with E-state index in [1.165, 1.54) is 30.5 Å². The van der Waals surface area contributed by atoms with Crippen molar-refractivity contribution in [2.24, 2.45) is 0 Å². The number of H-pyrrole nitrogens is 1. The van der Waals surface area contributed by atoms with Crippen LogP contribution < -0.4 is 5.56 Å². The molecule has 0 unspecified atom stereocenters. The molecule has 0 bridgehead atoms. The van der Waals surface area contributed by atoms with Crippen LogP contribution in [0.1, 0.15) is 11.4 Å². The summed E-state index contributed by atoms with van der Waals surface area (Å²) in [6, 6.07) is 9.10. The van der Waals surface area contributed by atoms with E-state index in [9.17, 15) is 18.0 Å². The quantitative estimate of drug-likeness (QED) is 0.494. The molecule has 8 heteroatoms. The SMILES string of the molecule is O=c1[nH]c(Cc2ccc(-c3cc(F)cc(F)c3)nc2)nc2cc(F)c(Br)cc12. The lowest BCUT2D eigenvalue weighted by atomic mass is 10.1. The van der Waals surface area contributed by atoms with Crippen molar-refractivity contribution in [2.75, 3.05) is 0 Å². The van der Waals surface area contributed by atoms with Crippen LogP contribution >= 0.6 is 15.9 Å². The van der Waals surface area contributed by atoms with Crippen LogP contribution in [0.3, 0.4) is 0 Å². The largest absolute Gasteiger partial charge is 0.310 e. The number of fused-ring (bicyclic) bond motifs is 1. The average molecular weight is 446 g/mol. The molecule has 2 heterocycles. The van der Waals surface area contributed by atoms with Gasteiger partial charge in [-0.3, -0.25) is 9.78 Å². The molecule has 4 nitrogen and oxygen atoms in total. The standard InChI is InChI=1S/C20H11BrF3N3O/c21-15-7-14-18(8-16(15)24)26-19(27-20(14)28)3-10-1-2-17(25-9-10)11-4-12(22)6-13(23)5-11/h1-2,4-9H,3H2,(H,26,27,28). The number of hydrogen-bond donors (Lipinski definition) is 1. The average Bonchev–Trinajstić information content (AvgIpc) is 2.63. The van der Waals surface area contributed by atoms with Gasteiger partial charge in [0.15, 0.2) is 0 Å². The van der Waals surface area contributed by atoms with E-state index in [0.717, 1.165) is 11.6 Å². The van der Waals surface area contributed by atoms with Gasteiger partial charge in [0.25, 0.3) is 5.56 Å². The van der Waals surface area contributed by atoms with Crippen LogP contribution in [-0.2, 0) is 6.42 Å². The van der Waals surface area contributed by atoms with Gasteiger partial charge in [0.2, 0.25) is 0 Å². The summed E-state index contributed by atoms with van der Waals surface area (Å²) in [5.74, 6) is -1.52. The Morgan fingerprint density at radius 3 is 2.43 bits per heavy atom. The Labute approximate surface area is 165 Å². The summed E-state index contributed by atoms with van der Waals surface area (Å²) in [7, 11) is 0. The Kier molecular flexibility index (Phi) is 4.72. The molecule has 0 saturated carbocycles. The maximum atomic E-state index is 13.7. The molecule has 4 rings (SSSR count). The van der Waals surface area contributed by atoms with Crippen molar-refractivity contribution in [3.8, 4) is 11.3 Å². The minimum atomic E-state index is -0.683. The van der Waals surface area contributed by atoms with E-state index in [0.29, 0.717) is 17.1 Å². The van der Waals surface area contributed by atoms with Crippen molar-refractivity contribution in [3.05, 3.63) is 92.3 Å². The molecule has 2 aromatic heterocycles. The van der Waals surface area contributed by atoms with Crippen molar-refractivity contribution in [1.29, 1.82) is 0 Å². The number of aromatic amines is 1. The Bertz CT molecular complexity index is 1240. The molecule has 0 aliphatic heterocycles. The summed E-state index contributed by atoms with van der Waals surface area (Å²) >= 11 is 3.05. The van der Waals surface area contributed by atoms with E-state index in [1.807, 2.05) is 0 Å². The summed E-state index contributed by atoms with van der Waals surface area (Å²) in [6.45, 7) is 0. The zero-order chi connectivity index (χ0) is 19.8. The van der Waals surface area contributed by atoms with Crippen molar-refractivity contribution >= 4 is 26.8 Å². The molecular formula is C20H11BrF3N3O. The molecule has 0 amide bonds. The lowest BCUT2D eigenvalue weighted by molar-refractivity contribution is 0.584. The normalized spacial score (nSPS) is 11.1. The number of benzene rings is 2. The topological polar surface area (TPSA) is 58.6 Å². The number of halogens is 4. The molecule has 4 aromatic rings. The van der Waals surface area contributed by atoms with Crippen molar-refractivity contribution < 1.29 is 13.2 Å². The van der Waals surface area contributed by atoms with Gasteiger partial charge in [-0.2, -0.15) is 0 Å². The predicted molar refractivity (Wildman–Crippen MR) is 102 cm³/mol. The van der Waals surface area contributed by atoms with Crippen LogP contribution in [0.15, 0.2) is 57.9 Å². The van der Waals surface area contributed by atoms with Gasteiger partial charge in [-0.05, 0) is 45.8 Å². The molecule has 2 aromatic carbocycles. The highest BCUT2D eigenvalue weighted by Gasteiger charge is 2.10. The number of aromatic nitrogens is 3. The first-order valence-corrected chi connectivity index (χ1v) is 8.98. The van der Waals surface area contributed by atoms with E-state index in [4.69, 9.17) is 0 Å². The van der Waals surface area contributed by atoms with E-state index < -0.39 is 17.5 Å². The molecule has 1 N–H and O–H groups in total. The van der Waals surface area contributed by atoms with Gasteiger partial charge in [0.05, 0.1) is 21.1 Å². The van der Waals surface area contributed by atoms with Crippen LogP contribution in [0, 0.1) is 17.5 Å². The lowest BCUT2D eigenvalue weighted by Gasteiger charge is -2.06. The third-order valence-corrected chi connectivity index (χ3v) is 4.76. The molecule has 0 atom stereocenters. The molecular weight excluding hydrogens is 435 g/mol. The van der Waals surface area contributed by atoms with E-state index in [1.54, 1.807) is 12.1 Å². The first kappa shape index (κ1) is 18.4. The van der Waals surface area contributed by atoms with Crippen molar-refractivity contribution in [2.45, 2.75) is 6.42 Å². The Balaban J connectivity index is 1.64. The van der Waals surface area contributed by atoms with Crippen LogP contribution in [0.2, 0.25) is 0 Å². The van der Waals surface area contributed by atoms with Gasteiger partial charge < -0.3 is 4.98 Å². The number of pyridine rings is 1. The first-order chi connectivity index (χ1) is 13.4. The molecule has 0 radical (unpaired) electrons. The minimum absolute atomic E-state index is 0.189. The highest BCUT2D eigenvalue weighted by molar-refractivity contribution is 9.10. The second-order valence-electron chi connectivity index (χ2n) is 6.18. The summed E-state index contributed by atoms with van der Waals surface area (Å²) < 4.78 is 40.6. The maximum Gasteiger partial charge on any atom is 0.258 e. The van der Waals surface area contributed by atoms with E-state index in [2.05, 4.69) is 30.9 Å². The van der Waals surface area contributed by atoms with Crippen LogP contribution in [0.25, 0.3) is 22.2 Å². The molecule has 0 aliphatic carbocycles. The Morgan fingerprint density at radius 1 is 1.00 bits per heavy atom. The summed E-state index contributed by atoms with van der Waals surface area (Å²) in [5.41, 5.74) is 1.33.